The summed E-state index contributed by atoms with van der Waals surface area (Å²) >= 11 is 0. The smallest absolute Gasteiger partial charge is 0.328 e. The summed E-state index contributed by atoms with van der Waals surface area (Å²) in [4.78, 5) is 22.9. The Morgan fingerprint density at radius 2 is 2.05 bits per heavy atom. The van der Waals surface area contributed by atoms with Gasteiger partial charge < -0.3 is 14.6 Å². The first-order valence-corrected chi connectivity index (χ1v) is 6.79. The maximum absolute atomic E-state index is 11.9. The van der Waals surface area contributed by atoms with Crippen molar-refractivity contribution in [1.82, 2.24) is 9.88 Å². The molecule has 1 rings (SSSR count). The molecule has 1 amide bonds. The van der Waals surface area contributed by atoms with Gasteiger partial charge in [-0.1, -0.05) is 0 Å². The van der Waals surface area contributed by atoms with Crippen molar-refractivity contribution < 1.29 is 22.7 Å². The molecule has 0 aliphatic rings. The molecule has 1 unspecified atom stereocenters. The summed E-state index contributed by atoms with van der Waals surface area (Å²) in [5.41, 5.74) is 0.0692. The predicted molar refractivity (Wildman–Crippen MR) is 65.7 cm³/mol. The number of nitrogens with one attached hydrogen (secondary N) is 1. The zero-order valence-corrected chi connectivity index (χ0v) is 11.5. The Kier molecular flexibility index (Phi) is 4.32. The topological polar surface area (TPSA) is 120 Å². The van der Waals surface area contributed by atoms with E-state index in [0.717, 1.165) is 6.07 Å². The Bertz CT molecular complexity index is 605. The van der Waals surface area contributed by atoms with Crippen molar-refractivity contribution in [2.75, 3.05) is 7.11 Å². The van der Waals surface area contributed by atoms with E-state index in [4.69, 9.17) is 5.14 Å². The minimum absolute atomic E-state index is 0.0692. The van der Waals surface area contributed by atoms with Gasteiger partial charge in [-0.15, -0.1) is 0 Å². The van der Waals surface area contributed by atoms with E-state index in [0.29, 0.717) is 0 Å². The van der Waals surface area contributed by atoms with E-state index in [1.54, 1.807) is 0 Å². The number of methoxy groups -OCH3 is 1. The number of ether oxygens (including phenoxy) is 1. The molecule has 8 nitrogen and oxygen atoms in total. The summed E-state index contributed by atoms with van der Waals surface area (Å²) in [6.07, 6.45) is 1.22. The van der Waals surface area contributed by atoms with Crippen LogP contribution in [-0.4, -0.2) is 38.0 Å². The normalized spacial score (nSPS) is 12.8. The predicted octanol–water partition coefficient (Wildman–Crippen LogP) is -1.04. The van der Waals surface area contributed by atoms with Gasteiger partial charge in [0, 0.05) is 13.2 Å². The molecule has 0 bridgehead atoms. The largest absolute Gasteiger partial charge is 0.467 e. The highest BCUT2D eigenvalue weighted by molar-refractivity contribution is 7.89. The summed E-state index contributed by atoms with van der Waals surface area (Å²) < 4.78 is 28.1. The Hall–Kier alpha value is -1.87. The molecule has 0 saturated carbocycles. The molecule has 1 heterocycles. The Morgan fingerprint density at radius 3 is 2.47 bits per heavy atom. The van der Waals surface area contributed by atoms with E-state index in [1.807, 2.05) is 0 Å². The summed E-state index contributed by atoms with van der Waals surface area (Å²) in [6, 6.07) is 0.291. The number of carbonyl (C=O) groups excluding carboxylic acids is 2. The van der Waals surface area contributed by atoms with E-state index in [-0.39, 0.29) is 10.6 Å². The first kappa shape index (κ1) is 15.2. The van der Waals surface area contributed by atoms with Gasteiger partial charge in [-0.3, -0.25) is 4.79 Å². The van der Waals surface area contributed by atoms with E-state index >= 15 is 0 Å². The maximum Gasteiger partial charge on any atom is 0.328 e. The van der Waals surface area contributed by atoms with Crippen molar-refractivity contribution >= 4 is 21.9 Å². The van der Waals surface area contributed by atoms with Crippen LogP contribution in [0.1, 0.15) is 17.4 Å². The molecular formula is C10H15N3O5S. The number of aromatic nitrogens is 1. The van der Waals surface area contributed by atoms with Crippen LogP contribution in [0, 0.1) is 0 Å². The van der Waals surface area contributed by atoms with Crippen molar-refractivity contribution in [1.29, 1.82) is 0 Å². The second-order valence-corrected chi connectivity index (χ2v) is 5.50. The molecule has 0 aliphatic heterocycles. The van der Waals surface area contributed by atoms with Crippen LogP contribution >= 0.6 is 0 Å². The van der Waals surface area contributed by atoms with Gasteiger partial charge in [0.1, 0.15) is 16.6 Å². The Labute approximate surface area is 110 Å². The molecule has 0 fully saturated rings. The highest BCUT2D eigenvalue weighted by Gasteiger charge is 2.21. The molecule has 19 heavy (non-hydrogen) atoms. The lowest BCUT2D eigenvalue weighted by atomic mass is 10.3. The first-order valence-electron chi connectivity index (χ1n) is 5.24. The Balaban J connectivity index is 2.96. The molecule has 3 N–H and O–H groups in total. The van der Waals surface area contributed by atoms with E-state index < -0.39 is 27.9 Å². The number of nitrogens with zero attached hydrogens (tertiary/aromatic N) is 1. The minimum atomic E-state index is -3.88. The fourth-order valence-corrected chi connectivity index (χ4v) is 2.00. The van der Waals surface area contributed by atoms with Gasteiger partial charge in [-0.2, -0.15) is 0 Å². The standard InChI is InChI=1S/C10H15N3O5S/c1-6(10(15)18-3)12-9(14)8-4-7(5-13(8)2)19(11,16)17/h4-6H,1-3H3,(H,12,14)(H2,11,16,17). The van der Waals surface area contributed by atoms with Crippen LogP contribution in [0.3, 0.4) is 0 Å². The van der Waals surface area contributed by atoms with Crippen LogP contribution in [0.5, 0.6) is 0 Å². The Morgan fingerprint density at radius 1 is 1.47 bits per heavy atom. The van der Waals surface area contributed by atoms with Gasteiger partial charge in [0.15, 0.2) is 0 Å². The number of hydrogen-bond acceptors (Lipinski definition) is 5. The van der Waals surface area contributed by atoms with E-state index in [9.17, 15) is 18.0 Å². The van der Waals surface area contributed by atoms with Crippen molar-refractivity contribution in [3.63, 3.8) is 0 Å². The summed E-state index contributed by atoms with van der Waals surface area (Å²) in [7, 11) is -1.19. The number of primary sulfonamides is 1. The molecule has 106 valence electrons. The third kappa shape index (κ3) is 3.55. The van der Waals surface area contributed by atoms with Crippen LogP contribution < -0.4 is 10.5 Å². The molecule has 0 saturated heterocycles. The number of hydrogen-bond donors (Lipinski definition) is 2. The zero-order chi connectivity index (χ0) is 14.8. The molecule has 0 spiro atoms. The average molecular weight is 289 g/mol. The molecule has 0 radical (unpaired) electrons. The number of nitrogens with two attached hydrogens (primary N) is 1. The lowest BCUT2D eigenvalue weighted by Gasteiger charge is -2.11. The van der Waals surface area contributed by atoms with Crippen LogP contribution in [0.15, 0.2) is 17.2 Å². The van der Waals surface area contributed by atoms with E-state index in [1.165, 1.54) is 31.8 Å². The fraction of sp³-hybridized carbons (Fsp3) is 0.400. The average Bonchev–Trinajstić information content (AvgIpc) is 2.69. The highest BCUT2D eigenvalue weighted by atomic mass is 32.2. The summed E-state index contributed by atoms with van der Waals surface area (Å²) in [5, 5.41) is 7.35. The molecule has 1 aromatic heterocycles. The summed E-state index contributed by atoms with van der Waals surface area (Å²) in [5.74, 6) is -1.20. The number of sulfonamides is 1. The van der Waals surface area contributed by atoms with Crippen LogP contribution in [0.4, 0.5) is 0 Å². The molecule has 0 aromatic carbocycles. The summed E-state index contributed by atoms with van der Waals surface area (Å²) in [6.45, 7) is 1.45. The third-order valence-corrected chi connectivity index (χ3v) is 3.32. The number of esters is 1. The van der Waals surface area contributed by atoms with Crippen molar-refractivity contribution in [2.24, 2.45) is 12.2 Å². The third-order valence-electron chi connectivity index (χ3n) is 2.44. The minimum Gasteiger partial charge on any atom is -0.467 e. The number of carbonyl (C=O) groups is 2. The van der Waals surface area contributed by atoms with Gasteiger partial charge in [0.05, 0.1) is 7.11 Å². The second kappa shape index (κ2) is 5.41. The SMILES string of the molecule is COC(=O)C(C)NC(=O)c1cc(S(N)(=O)=O)cn1C. The van der Waals surface area contributed by atoms with Crippen molar-refractivity contribution in [3.05, 3.63) is 18.0 Å². The van der Waals surface area contributed by atoms with Gasteiger partial charge in [-0.25, -0.2) is 18.4 Å². The van der Waals surface area contributed by atoms with Crippen LogP contribution in [0.2, 0.25) is 0 Å². The lowest BCUT2D eigenvalue weighted by molar-refractivity contribution is -0.142. The molecular weight excluding hydrogens is 274 g/mol. The van der Waals surface area contributed by atoms with Crippen LogP contribution in [0.25, 0.3) is 0 Å². The number of amides is 1. The second-order valence-electron chi connectivity index (χ2n) is 3.94. The molecule has 1 atom stereocenters. The van der Waals surface area contributed by atoms with Crippen LogP contribution in [-0.2, 0) is 26.6 Å². The monoisotopic (exact) mass is 289 g/mol. The molecule has 9 heteroatoms. The highest BCUT2D eigenvalue weighted by Crippen LogP contribution is 2.11. The van der Waals surface area contributed by atoms with Crippen molar-refractivity contribution in [3.8, 4) is 0 Å². The van der Waals surface area contributed by atoms with Crippen molar-refractivity contribution in [2.45, 2.75) is 17.9 Å². The number of rotatable bonds is 4. The van der Waals surface area contributed by atoms with Gasteiger partial charge in [0.25, 0.3) is 5.91 Å². The molecule has 1 aromatic rings. The van der Waals surface area contributed by atoms with Gasteiger partial charge >= 0.3 is 5.97 Å². The number of aryl methyl sites for hydroxylation is 1. The first-order chi connectivity index (χ1) is 8.66. The van der Waals surface area contributed by atoms with Gasteiger partial charge in [0.2, 0.25) is 10.0 Å². The fourth-order valence-electron chi connectivity index (χ4n) is 1.42. The maximum atomic E-state index is 11.9. The quantitative estimate of drug-likeness (QED) is 0.686. The zero-order valence-electron chi connectivity index (χ0n) is 10.7. The molecule has 0 aliphatic carbocycles. The van der Waals surface area contributed by atoms with Gasteiger partial charge in [-0.05, 0) is 13.0 Å². The van der Waals surface area contributed by atoms with E-state index in [2.05, 4.69) is 10.1 Å². The lowest BCUT2D eigenvalue weighted by Crippen LogP contribution is -2.39.